The third-order valence-corrected chi connectivity index (χ3v) is 5.35. The van der Waals surface area contributed by atoms with E-state index in [0.29, 0.717) is 6.54 Å². The van der Waals surface area contributed by atoms with Gasteiger partial charge in [0.15, 0.2) is 0 Å². The summed E-state index contributed by atoms with van der Waals surface area (Å²) in [5.41, 5.74) is 6.59. The lowest BCUT2D eigenvalue weighted by Crippen LogP contribution is -2.33. The molecular weight excluding hydrogens is 288 g/mol. The van der Waals surface area contributed by atoms with E-state index in [1.807, 2.05) is 6.07 Å². The molecular formula is C14H16N4O2S. The van der Waals surface area contributed by atoms with Crippen molar-refractivity contribution in [2.24, 2.45) is 0 Å². The maximum absolute atomic E-state index is 12.8. The molecule has 0 spiro atoms. The Morgan fingerprint density at radius 3 is 2.62 bits per heavy atom. The molecule has 2 heterocycles. The minimum Gasteiger partial charge on any atom is -0.383 e. The molecule has 1 saturated carbocycles. The van der Waals surface area contributed by atoms with Gasteiger partial charge in [0.1, 0.15) is 10.7 Å². The second kappa shape index (κ2) is 5.42. The van der Waals surface area contributed by atoms with E-state index in [2.05, 4.69) is 9.97 Å². The summed E-state index contributed by atoms with van der Waals surface area (Å²) in [6.45, 7) is 0.301. The average Bonchev–Trinajstić information content (AvgIpc) is 3.30. The number of aromatic nitrogens is 2. The number of nitrogens with zero attached hydrogens (tertiary/aromatic N) is 3. The van der Waals surface area contributed by atoms with Crippen molar-refractivity contribution in [2.75, 3.05) is 5.73 Å². The highest BCUT2D eigenvalue weighted by molar-refractivity contribution is 7.89. The maximum atomic E-state index is 12.8. The first-order valence-corrected chi connectivity index (χ1v) is 8.14. The van der Waals surface area contributed by atoms with Crippen LogP contribution in [0.4, 0.5) is 5.82 Å². The molecule has 1 fully saturated rings. The van der Waals surface area contributed by atoms with E-state index in [4.69, 9.17) is 5.73 Å². The Hall–Kier alpha value is -1.99. The van der Waals surface area contributed by atoms with Crippen molar-refractivity contribution in [2.45, 2.75) is 30.3 Å². The van der Waals surface area contributed by atoms with Gasteiger partial charge in [-0.2, -0.15) is 4.31 Å². The Labute approximate surface area is 123 Å². The van der Waals surface area contributed by atoms with E-state index >= 15 is 0 Å². The van der Waals surface area contributed by atoms with Crippen molar-refractivity contribution in [3.63, 3.8) is 0 Å². The van der Waals surface area contributed by atoms with Crippen LogP contribution in [0.3, 0.4) is 0 Å². The highest BCUT2D eigenvalue weighted by atomic mass is 32.2. The normalized spacial score (nSPS) is 15.3. The van der Waals surface area contributed by atoms with Crippen molar-refractivity contribution in [3.8, 4) is 0 Å². The Bertz CT molecular complexity index is 730. The Balaban J connectivity index is 1.96. The number of hydrogen-bond donors (Lipinski definition) is 1. The zero-order valence-electron chi connectivity index (χ0n) is 11.4. The highest BCUT2D eigenvalue weighted by Gasteiger charge is 2.39. The van der Waals surface area contributed by atoms with E-state index in [1.54, 1.807) is 24.5 Å². The second-order valence-corrected chi connectivity index (χ2v) is 6.89. The van der Waals surface area contributed by atoms with Gasteiger partial charge in [0.2, 0.25) is 10.0 Å². The van der Waals surface area contributed by atoms with Crippen molar-refractivity contribution in [1.29, 1.82) is 0 Å². The predicted octanol–water partition coefficient (Wildman–Crippen LogP) is 1.41. The number of hydrogen-bond acceptors (Lipinski definition) is 5. The Morgan fingerprint density at radius 1 is 1.24 bits per heavy atom. The van der Waals surface area contributed by atoms with Crippen molar-refractivity contribution in [3.05, 3.63) is 48.4 Å². The van der Waals surface area contributed by atoms with Gasteiger partial charge < -0.3 is 5.73 Å². The summed E-state index contributed by atoms with van der Waals surface area (Å²) >= 11 is 0. The number of sulfonamides is 1. The van der Waals surface area contributed by atoms with Gasteiger partial charge >= 0.3 is 0 Å². The monoisotopic (exact) mass is 304 g/mol. The van der Waals surface area contributed by atoms with Crippen molar-refractivity contribution < 1.29 is 8.42 Å². The van der Waals surface area contributed by atoms with Crippen LogP contribution in [0.2, 0.25) is 0 Å². The molecule has 6 nitrogen and oxygen atoms in total. The molecule has 1 aliphatic carbocycles. The summed E-state index contributed by atoms with van der Waals surface area (Å²) in [6.07, 6.45) is 6.58. The summed E-state index contributed by atoms with van der Waals surface area (Å²) in [5.74, 6) is 0.0364. The van der Waals surface area contributed by atoms with Gasteiger partial charge in [0.05, 0.1) is 0 Å². The summed E-state index contributed by atoms with van der Waals surface area (Å²) < 4.78 is 27.1. The largest absolute Gasteiger partial charge is 0.383 e. The molecule has 0 saturated heterocycles. The van der Waals surface area contributed by atoms with Crippen LogP contribution in [-0.4, -0.2) is 28.7 Å². The summed E-state index contributed by atoms with van der Waals surface area (Å²) in [5, 5.41) is 0. The van der Waals surface area contributed by atoms with E-state index in [0.717, 1.165) is 18.4 Å². The molecule has 7 heteroatoms. The number of nitrogens with two attached hydrogens (primary N) is 1. The fourth-order valence-corrected chi connectivity index (χ4v) is 3.93. The van der Waals surface area contributed by atoms with Gasteiger partial charge in [-0.3, -0.25) is 4.98 Å². The molecule has 110 valence electrons. The molecule has 0 bridgehead atoms. The first-order valence-electron chi connectivity index (χ1n) is 6.70. The molecule has 2 aromatic rings. The average molecular weight is 304 g/mol. The molecule has 1 aliphatic rings. The van der Waals surface area contributed by atoms with E-state index in [9.17, 15) is 8.42 Å². The topological polar surface area (TPSA) is 89.2 Å². The van der Waals surface area contributed by atoms with E-state index in [-0.39, 0.29) is 16.8 Å². The summed E-state index contributed by atoms with van der Waals surface area (Å²) in [7, 11) is -3.65. The standard InChI is InChI=1S/C14H16N4O2S/c15-14-13(4-2-8-17-14)21(19,20)18(12-5-6-12)10-11-3-1-7-16-9-11/h1-4,7-9,12H,5-6,10H2,(H2,15,17). The highest BCUT2D eigenvalue weighted by Crippen LogP contribution is 2.34. The zero-order chi connectivity index (χ0) is 14.9. The van der Waals surface area contributed by atoms with Gasteiger partial charge in [-0.05, 0) is 36.6 Å². The van der Waals surface area contributed by atoms with Crippen LogP contribution in [0.1, 0.15) is 18.4 Å². The molecule has 21 heavy (non-hydrogen) atoms. The number of pyridine rings is 2. The Kier molecular flexibility index (Phi) is 3.60. The third-order valence-electron chi connectivity index (χ3n) is 3.40. The van der Waals surface area contributed by atoms with Gasteiger partial charge in [-0.1, -0.05) is 6.07 Å². The smallest absolute Gasteiger partial charge is 0.247 e. The van der Waals surface area contributed by atoms with E-state index < -0.39 is 10.0 Å². The first-order chi connectivity index (χ1) is 10.1. The third kappa shape index (κ3) is 2.88. The number of anilines is 1. The van der Waals surface area contributed by atoms with Crippen LogP contribution in [-0.2, 0) is 16.6 Å². The molecule has 0 aliphatic heterocycles. The van der Waals surface area contributed by atoms with Crippen molar-refractivity contribution in [1.82, 2.24) is 14.3 Å². The molecule has 2 N–H and O–H groups in total. The molecule has 0 amide bonds. The minimum atomic E-state index is -3.65. The molecule has 3 rings (SSSR count). The lowest BCUT2D eigenvalue weighted by molar-refractivity contribution is 0.398. The summed E-state index contributed by atoms with van der Waals surface area (Å²) in [6, 6.07) is 6.78. The lowest BCUT2D eigenvalue weighted by Gasteiger charge is -2.22. The number of rotatable bonds is 5. The lowest BCUT2D eigenvalue weighted by atomic mass is 10.3. The fraction of sp³-hybridized carbons (Fsp3) is 0.286. The SMILES string of the molecule is Nc1ncccc1S(=O)(=O)N(Cc1cccnc1)C1CC1. The fourth-order valence-electron chi connectivity index (χ4n) is 2.19. The van der Waals surface area contributed by atoms with Crippen LogP contribution < -0.4 is 5.73 Å². The van der Waals surface area contributed by atoms with Crippen LogP contribution in [0.5, 0.6) is 0 Å². The molecule has 0 radical (unpaired) electrons. The second-order valence-electron chi connectivity index (χ2n) is 5.03. The van der Waals surface area contributed by atoms with Gasteiger partial charge in [0.25, 0.3) is 0 Å². The van der Waals surface area contributed by atoms with Gasteiger partial charge in [-0.15, -0.1) is 0 Å². The molecule has 0 aromatic carbocycles. The zero-order valence-corrected chi connectivity index (χ0v) is 12.2. The van der Waals surface area contributed by atoms with Crippen LogP contribution >= 0.6 is 0 Å². The minimum absolute atomic E-state index is 0.0364. The van der Waals surface area contributed by atoms with E-state index in [1.165, 1.54) is 16.6 Å². The van der Waals surface area contributed by atoms with Crippen LogP contribution in [0, 0.1) is 0 Å². The van der Waals surface area contributed by atoms with Gasteiger partial charge in [0, 0.05) is 31.2 Å². The molecule has 0 atom stereocenters. The van der Waals surface area contributed by atoms with Gasteiger partial charge in [-0.25, -0.2) is 13.4 Å². The molecule has 2 aromatic heterocycles. The van der Waals surface area contributed by atoms with Crippen molar-refractivity contribution >= 4 is 15.8 Å². The first kappa shape index (κ1) is 14.0. The maximum Gasteiger partial charge on any atom is 0.247 e. The number of nitrogen functional groups attached to an aromatic ring is 1. The van der Waals surface area contributed by atoms with Crippen LogP contribution in [0.25, 0.3) is 0 Å². The van der Waals surface area contributed by atoms with Crippen LogP contribution in [0.15, 0.2) is 47.8 Å². The molecule has 0 unspecified atom stereocenters. The quantitative estimate of drug-likeness (QED) is 0.902. The Morgan fingerprint density at radius 2 is 2.00 bits per heavy atom. The summed E-state index contributed by atoms with van der Waals surface area (Å²) in [4.78, 5) is 7.98. The predicted molar refractivity (Wildman–Crippen MR) is 78.6 cm³/mol.